The molecule has 13 nitrogen and oxygen atoms in total. The predicted octanol–water partition coefficient (Wildman–Crippen LogP) is 3.35. The van der Waals surface area contributed by atoms with Gasteiger partial charge in [0.1, 0.15) is 29.5 Å². The first kappa shape index (κ1) is 39.3. The number of hydrogen-bond donors (Lipinski definition) is 3. The minimum atomic E-state index is -4.15. The van der Waals surface area contributed by atoms with Gasteiger partial charge in [-0.15, -0.1) is 0 Å². The third-order valence-corrected chi connectivity index (χ3v) is 11.9. The third kappa shape index (κ3) is 8.66. The number of carbonyl (C=O) groups excluding carboxylic acids is 5. The monoisotopic (exact) mass is 755 g/mol. The number of benzene rings is 1. The molecule has 0 spiro atoms. The molecule has 1 aromatic carbocycles. The number of halogens is 3. The van der Waals surface area contributed by atoms with Crippen LogP contribution in [0.25, 0.3) is 0 Å². The van der Waals surface area contributed by atoms with Crippen LogP contribution in [0, 0.1) is 22.6 Å². The summed E-state index contributed by atoms with van der Waals surface area (Å²) in [7, 11) is -4.15. The number of fused-ring (bicyclic) bond motifs is 1. The summed E-state index contributed by atoms with van der Waals surface area (Å²) >= 11 is 0. The van der Waals surface area contributed by atoms with Crippen LogP contribution in [0.1, 0.15) is 91.2 Å². The Balaban J connectivity index is 1.38. The molecule has 1 aromatic rings. The minimum absolute atomic E-state index is 0.0638. The van der Waals surface area contributed by atoms with E-state index in [1.165, 1.54) is 17.0 Å². The number of carbonyl (C=O) groups is 5. The Hall–Kier alpha value is -3.89. The number of alkyl halides is 2. The molecule has 5 rings (SSSR count). The normalized spacial score (nSPS) is 25.0. The van der Waals surface area contributed by atoms with Crippen LogP contribution < -0.4 is 15.4 Å². The molecule has 0 bridgehead atoms. The fraction of sp³-hybridized carbons (Fsp3) is 0.686. The predicted molar refractivity (Wildman–Crippen MR) is 181 cm³/mol. The Morgan fingerprint density at radius 3 is 2.27 bits per heavy atom. The minimum Gasteiger partial charge on any atom is -0.444 e. The van der Waals surface area contributed by atoms with Gasteiger partial charge in [0.25, 0.3) is 5.91 Å². The Morgan fingerprint density at radius 1 is 1.04 bits per heavy atom. The van der Waals surface area contributed by atoms with Crippen molar-refractivity contribution in [2.75, 3.05) is 6.54 Å². The third-order valence-electron chi connectivity index (χ3n) is 10.1. The second kappa shape index (κ2) is 14.2. The molecule has 1 saturated heterocycles. The molecule has 2 saturated carbocycles. The molecule has 3 fully saturated rings. The van der Waals surface area contributed by atoms with E-state index in [-0.39, 0.29) is 37.9 Å². The summed E-state index contributed by atoms with van der Waals surface area (Å²) in [6, 6.07) is 1.84. The largest absolute Gasteiger partial charge is 0.444 e. The number of rotatable bonds is 11. The van der Waals surface area contributed by atoms with Crippen LogP contribution in [-0.4, -0.2) is 89.9 Å². The van der Waals surface area contributed by atoms with Gasteiger partial charge in [0.15, 0.2) is 0 Å². The SMILES string of the molecule is CC(C)(C)CCC(=O)N[C@H](C(=O)N1C[C@H](OC(=O)N2Cc3cccc(F)c3C2)CC1C(=O)N[C@@]1(C(=O)NS(=O)(=O)C2CC2)C[C@H]1C(F)F)C(C)(C)C. The average Bonchev–Trinajstić information content (AvgIpc) is 3.93. The zero-order chi connectivity index (χ0) is 38.6. The standard InChI is InChI=1S/C35H48F3N5O8S/c1-33(2,3)13-12-26(44)39-27(34(4,5)6)30(46)43-17-20(51-32(48)42-16-19-8-7-9-24(36)22(19)18-42)14-25(43)29(45)40-35(15-23(35)28(37)38)31(47)41-52(49,50)21-10-11-21/h7-9,20-21,23,25,27-28H,10-18H2,1-6H3,(H,39,44)(H,40,45)(H,41,47)/t20-,23+,25?,27-,35+/m1/s1. The molecular weight excluding hydrogens is 707 g/mol. The van der Waals surface area contributed by atoms with E-state index < -0.39 is 98.7 Å². The van der Waals surface area contributed by atoms with Crippen LogP contribution in [0.2, 0.25) is 0 Å². The van der Waals surface area contributed by atoms with Crippen molar-refractivity contribution in [3.05, 3.63) is 35.1 Å². The number of sulfonamides is 1. The first-order valence-electron chi connectivity index (χ1n) is 17.5. The molecule has 1 unspecified atom stereocenters. The van der Waals surface area contributed by atoms with E-state index in [4.69, 9.17) is 4.74 Å². The lowest BCUT2D eigenvalue weighted by Crippen LogP contribution is -2.60. The summed E-state index contributed by atoms with van der Waals surface area (Å²) < 4.78 is 75.1. The van der Waals surface area contributed by atoms with Crippen molar-refractivity contribution in [1.29, 1.82) is 0 Å². The Kier molecular flexibility index (Phi) is 10.7. The first-order chi connectivity index (χ1) is 24.0. The van der Waals surface area contributed by atoms with Crippen LogP contribution in [-0.2, 0) is 47.0 Å². The Morgan fingerprint density at radius 2 is 1.71 bits per heavy atom. The highest BCUT2D eigenvalue weighted by Crippen LogP contribution is 2.48. The highest BCUT2D eigenvalue weighted by Gasteiger charge is 2.67. The molecule has 17 heteroatoms. The second-order valence-corrected chi connectivity index (χ2v) is 18.7. The van der Waals surface area contributed by atoms with E-state index in [9.17, 15) is 45.6 Å². The molecule has 0 radical (unpaired) electrons. The van der Waals surface area contributed by atoms with Crippen molar-refractivity contribution in [1.82, 2.24) is 25.2 Å². The molecule has 3 N–H and O–H groups in total. The highest BCUT2D eigenvalue weighted by atomic mass is 32.2. The summed E-state index contributed by atoms with van der Waals surface area (Å²) in [4.78, 5) is 70.3. The van der Waals surface area contributed by atoms with Crippen molar-refractivity contribution < 1.29 is 50.3 Å². The van der Waals surface area contributed by atoms with E-state index in [0.29, 0.717) is 30.4 Å². The summed E-state index contributed by atoms with van der Waals surface area (Å²) in [5, 5.41) is 4.29. The molecule has 2 aliphatic heterocycles. The molecule has 5 atom stereocenters. The van der Waals surface area contributed by atoms with Gasteiger partial charge in [0.05, 0.1) is 24.3 Å². The average molecular weight is 756 g/mol. The zero-order valence-corrected chi connectivity index (χ0v) is 31.1. The highest BCUT2D eigenvalue weighted by molar-refractivity contribution is 7.91. The van der Waals surface area contributed by atoms with Crippen LogP contribution in [0.15, 0.2) is 18.2 Å². The Bertz CT molecular complexity index is 1720. The van der Waals surface area contributed by atoms with Crippen molar-refractivity contribution in [2.24, 2.45) is 16.7 Å². The number of ether oxygens (including phenoxy) is 1. The lowest BCUT2D eigenvalue weighted by Gasteiger charge is -2.36. The van der Waals surface area contributed by atoms with Gasteiger partial charge in [-0.1, -0.05) is 53.7 Å². The van der Waals surface area contributed by atoms with Crippen LogP contribution >= 0.6 is 0 Å². The van der Waals surface area contributed by atoms with Gasteiger partial charge in [-0.2, -0.15) is 0 Å². The topological polar surface area (TPSA) is 171 Å². The summed E-state index contributed by atoms with van der Waals surface area (Å²) in [5.41, 5.74) is -2.38. The molecule has 4 aliphatic rings. The summed E-state index contributed by atoms with van der Waals surface area (Å²) in [5.74, 6) is -5.61. The van der Waals surface area contributed by atoms with Gasteiger partial charge >= 0.3 is 6.09 Å². The van der Waals surface area contributed by atoms with Crippen molar-refractivity contribution in [3.63, 3.8) is 0 Å². The van der Waals surface area contributed by atoms with Gasteiger partial charge in [0.2, 0.25) is 34.2 Å². The fourth-order valence-corrected chi connectivity index (χ4v) is 8.04. The maximum Gasteiger partial charge on any atom is 0.410 e. The van der Waals surface area contributed by atoms with Crippen molar-refractivity contribution >= 4 is 39.7 Å². The van der Waals surface area contributed by atoms with E-state index in [2.05, 4.69) is 10.6 Å². The fourth-order valence-electron chi connectivity index (χ4n) is 6.68. The molecular formula is C35H48F3N5O8S. The van der Waals surface area contributed by atoms with E-state index >= 15 is 0 Å². The molecule has 5 amide bonds. The van der Waals surface area contributed by atoms with Crippen LogP contribution in [0.3, 0.4) is 0 Å². The summed E-state index contributed by atoms with van der Waals surface area (Å²) in [6.07, 6.45) is -4.60. The van der Waals surface area contributed by atoms with Crippen molar-refractivity contribution in [2.45, 2.75) is 129 Å². The number of nitrogens with zero attached hydrogens (tertiary/aromatic N) is 2. The second-order valence-electron chi connectivity index (χ2n) is 16.7. The lowest BCUT2D eigenvalue weighted by molar-refractivity contribution is -0.144. The number of hydrogen-bond acceptors (Lipinski definition) is 8. The quantitative estimate of drug-likeness (QED) is 0.309. The lowest BCUT2D eigenvalue weighted by atomic mass is 9.85. The Labute approximate surface area is 301 Å². The smallest absolute Gasteiger partial charge is 0.410 e. The van der Waals surface area contributed by atoms with Crippen LogP contribution in [0.5, 0.6) is 0 Å². The van der Waals surface area contributed by atoms with E-state index in [1.807, 2.05) is 25.5 Å². The van der Waals surface area contributed by atoms with Gasteiger partial charge in [-0.25, -0.2) is 26.4 Å². The molecule has 0 aromatic heterocycles. The molecule has 2 heterocycles. The zero-order valence-electron chi connectivity index (χ0n) is 30.3. The number of nitrogens with one attached hydrogen (secondary N) is 3. The van der Waals surface area contributed by atoms with Crippen molar-refractivity contribution in [3.8, 4) is 0 Å². The van der Waals surface area contributed by atoms with Gasteiger partial charge in [-0.05, 0) is 48.1 Å². The molecule has 52 heavy (non-hydrogen) atoms. The maximum absolute atomic E-state index is 14.4. The first-order valence-corrected chi connectivity index (χ1v) is 19.0. The number of amides is 5. The summed E-state index contributed by atoms with van der Waals surface area (Å²) in [6.45, 7) is 10.7. The molecule has 2 aliphatic carbocycles. The number of likely N-dealkylation sites (tertiary alicyclic amines) is 1. The maximum atomic E-state index is 14.4. The van der Waals surface area contributed by atoms with E-state index in [1.54, 1.807) is 26.8 Å². The van der Waals surface area contributed by atoms with Gasteiger partial charge in [-0.3, -0.25) is 28.8 Å². The molecule has 288 valence electrons. The van der Waals surface area contributed by atoms with Crippen LogP contribution in [0.4, 0.5) is 18.0 Å². The van der Waals surface area contributed by atoms with E-state index in [0.717, 1.165) is 4.90 Å². The van der Waals surface area contributed by atoms with Gasteiger partial charge < -0.3 is 20.3 Å². The van der Waals surface area contributed by atoms with Gasteiger partial charge in [0, 0.05) is 24.9 Å².